The number of nitrogens with one attached hydrogen (secondary N) is 1. The molecule has 0 saturated heterocycles. The van der Waals surface area contributed by atoms with Crippen LogP contribution in [0.3, 0.4) is 0 Å². The lowest BCUT2D eigenvalue weighted by Crippen LogP contribution is -2.33. The van der Waals surface area contributed by atoms with Gasteiger partial charge in [-0.3, -0.25) is 19.7 Å². The van der Waals surface area contributed by atoms with Gasteiger partial charge in [0.25, 0.3) is 5.69 Å². The van der Waals surface area contributed by atoms with Gasteiger partial charge in [-0.2, -0.15) is 0 Å². The maximum atomic E-state index is 12.0. The third-order valence-corrected chi connectivity index (χ3v) is 4.04. The van der Waals surface area contributed by atoms with Gasteiger partial charge in [-0.25, -0.2) is 4.98 Å². The van der Waals surface area contributed by atoms with Gasteiger partial charge in [-0.15, -0.1) is 0 Å². The average molecular weight is 327 g/mol. The summed E-state index contributed by atoms with van der Waals surface area (Å²) in [6.07, 6.45) is 2.10. The third kappa shape index (κ3) is 6.08. The molecule has 0 aliphatic carbocycles. The lowest BCUT2D eigenvalue weighted by molar-refractivity contribution is -0.385. The molecule has 1 atom stereocenters. The third-order valence-electron chi connectivity index (χ3n) is 2.72. The van der Waals surface area contributed by atoms with Crippen LogP contribution >= 0.6 is 11.8 Å². The summed E-state index contributed by atoms with van der Waals surface area (Å²) in [5.41, 5.74) is -0.101. The Morgan fingerprint density at radius 2 is 2.23 bits per heavy atom. The monoisotopic (exact) mass is 327 g/mol. The Labute approximate surface area is 131 Å². The number of carboxylic acids is 1. The number of aromatic nitrogens is 1. The lowest BCUT2D eigenvalue weighted by Gasteiger charge is -2.13. The predicted octanol–water partition coefficient (Wildman–Crippen LogP) is 1.84. The maximum absolute atomic E-state index is 12.0. The minimum absolute atomic E-state index is 0.00806. The van der Waals surface area contributed by atoms with E-state index in [2.05, 4.69) is 10.3 Å². The van der Waals surface area contributed by atoms with Gasteiger partial charge in [0.2, 0.25) is 5.91 Å². The topological polar surface area (TPSA) is 122 Å². The van der Waals surface area contributed by atoms with Gasteiger partial charge < -0.3 is 10.4 Å². The number of amides is 1. The molecule has 1 heterocycles. The molecular formula is C13H17N3O5S. The fourth-order valence-corrected chi connectivity index (χ4v) is 2.49. The first-order chi connectivity index (χ1) is 10.4. The van der Waals surface area contributed by atoms with Crippen LogP contribution in [0.1, 0.15) is 26.2 Å². The van der Waals surface area contributed by atoms with Crippen LogP contribution in [-0.4, -0.2) is 38.7 Å². The molecule has 1 aromatic rings. The van der Waals surface area contributed by atoms with Crippen LogP contribution in [0.2, 0.25) is 0 Å². The number of pyridine rings is 1. The van der Waals surface area contributed by atoms with Crippen molar-refractivity contribution in [3.8, 4) is 0 Å². The first-order valence-corrected chi connectivity index (χ1v) is 7.58. The zero-order chi connectivity index (χ0) is 16.5. The van der Waals surface area contributed by atoms with Crippen molar-refractivity contribution < 1.29 is 19.6 Å². The summed E-state index contributed by atoms with van der Waals surface area (Å²) >= 11 is 1.22. The van der Waals surface area contributed by atoms with Gasteiger partial charge in [0.15, 0.2) is 0 Å². The smallest absolute Gasteiger partial charge is 0.303 e. The zero-order valence-electron chi connectivity index (χ0n) is 12.0. The molecule has 22 heavy (non-hydrogen) atoms. The molecule has 8 nitrogen and oxygen atoms in total. The van der Waals surface area contributed by atoms with Gasteiger partial charge >= 0.3 is 5.97 Å². The van der Waals surface area contributed by atoms with Crippen LogP contribution in [0.25, 0.3) is 0 Å². The number of aliphatic carboxylic acids is 1. The van der Waals surface area contributed by atoms with E-state index in [4.69, 9.17) is 5.11 Å². The molecule has 0 aliphatic heterocycles. The molecule has 1 rings (SSSR count). The fraction of sp³-hybridized carbons (Fsp3) is 0.462. The van der Waals surface area contributed by atoms with Crippen LogP contribution in [0.15, 0.2) is 23.4 Å². The van der Waals surface area contributed by atoms with Crippen LogP contribution in [0, 0.1) is 10.1 Å². The number of rotatable bonds is 9. The van der Waals surface area contributed by atoms with E-state index in [9.17, 15) is 19.7 Å². The Balaban J connectivity index is 2.51. The van der Waals surface area contributed by atoms with Gasteiger partial charge in [-0.05, 0) is 18.9 Å². The average Bonchev–Trinajstić information content (AvgIpc) is 2.49. The van der Waals surface area contributed by atoms with E-state index in [1.165, 1.54) is 23.9 Å². The maximum Gasteiger partial charge on any atom is 0.303 e. The van der Waals surface area contributed by atoms with E-state index < -0.39 is 10.9 Å². The summed E-state index contributed by atoms with van der Waals surface area (Å²) in [7, 11) is 0. The lowest BCUT2D eigenvalue weighted by atomic mass is 10.3. The van der Waals surface area contributed by atoms with Crippen molar-refractivity contribution in [1.29, 1.82) is 0 Å². The molecule has 9 heteroatoms. The Hall–Kier alpha value is -2.16. The van der Waals surface area contributed by atoms with Crippen molar-refractivity contribution in [2.75, 3.05) is 6.54 Å². The molecule has 1 amide bonds. The van der Waals surface area contributed by atoms with Crippen molar-refractivity contribution in [3.05, 3.63) is 28.4 Å². The Morgan fingerprint density at radius 1 is 1.50 bits per heavy atom. The molecule has 0 fully saturated rings. The number of nitrogens with zero attached hydrogens (tertiary/aromatic N) is 2. The molecule has 0 aromatic carbocycles. The van der Waals surface area contributed by atoms with Crippen molar-refractivity contribution in [1.82, 2.24) is 10.3 Å². The number of nitro groups is 1. The van der Waals surface area contributed by atoms with Crippen molar-refractivity contribution in [2.24, 2.45) is 0 Å². The largest absolute Gasteiger partial charge is 0.481 e. The summed E-state index contributed by atoms with van der Waals surface area (Å²) in [4.78, 5) is 36.3. The Bertz CT molecular complexity index is 535. The quantitative estimate of drug-likeness (QED) is 0.307. The summed E-state index contributed by atoms with van der Waals surface area (Å²) in [6.45, 7) is 2.15. The van der Waals surface area contributed by atoms with Crippen LogP contribution in [0.4, 0.5) is 5.69 Å². The van der Waals surface area contributed by atoms with E-state index in [1.54, 1.807) is 0 Å². The second-order valence-electron chi connectivity index (χ2n) is 4.41. The zero-order valence-corrected chi connectivity index (χ0v) is 12.8. The Kier molecular flexibility index (Phi) is 7.30. The van der Waals surface area contributed by atoms with E-state index in [0.717, 1.165) is 6.20 Å². The highest BCUT2D eigenvalue weighted by atomic mass is 32.2. The minimum atomic E-state index is -0.897. The predicted molar refractivity (Wildman–Crippen MR) is 80.7 cm³/mol. The molecule has 0 radical (unpaired) electrons. The number of hydrogen-bond acceptors (Lipinski definition) is 6. The number of thioether (sulfide) groups is 1. The van der Waals surface area contributed by atoms with Gasteiger partial charge in [-0.1, -0.05) is 18.7 Å². The van der Waals surface area contributed by atoms with Crippen molar-refractivity contribution in [2.45, 2.75) is 36.5 Å². The molecule has 0 bridgehead atoms. The van der Waals surface area contributed by atoms with E-state index >= 15 is 0 Å². The summed E-state index contributed by atoms with van der Waals surface area (Å²) in [5, 5.41) is 21.9. The highest BCUT2D eigenvalue weighted by Crippen LogP contribution is 2.25. The molecule has 0 saturated carbocycles. The van der Waals surface area contributed by atoms with E-state index in [1.807, 2.05) is 6.92 Å². The molecule has 0 spiro atoms. The highest BCUT2D eigenvalue weighted by Gasteiger charge is 2.18. The van der Waals surface area contributed by atoms with E-state index in [0.29, 0.717) is 24.4 Å². The van der Waals surface area contributed by atoms with Crippen LogP contribution < -0.4 is 5.32 Å². The highest BCUT2D eigenvalue weighted by molar-refractivity contribution is 8.00. The summed E-state index contributed by atoms with van der Waals surface area (Å²) in [6, 6.07) is 2.84. The number of carboxylic acid groups (broad SMARTS) is 1. The second-order valence-corrected chi connectivity index (χ2v) is 5.64. The second kappa shape index (κ2) is 8.98. The minimum Gasteiger partial charge on any atom is -0.481 e. The van der Waals surface area contributed by atoms with Gasteiger partial charge in [0, 0.05) is 19.0 Å². The fourth-order valence-electron chi connectivity index (χ4n) is 1.58. The van der Waals surface area contributed by atoms with Crippen molar-refractivity contribution >= 4 is 29.3 Å². The number of carbonyl (C=O) groups is 2. The number of carbonyl (C=O) groups excluding carboxylic acids is 1. The van der Waals surface area contributed by atoms with Crippen LogP contribution in [0.5, 0.6) is 0 Å². The van der Waals surface area contributed by atoms with Crippen LogP contribution in [-0.2, 0) is 9.59 Å². The first kappa shape index (κ1) is 17.9. The molecule has 1 aromatic heterocycles. The van der Waals surface area contributed by atoms with Gasteiger partial charge in [0.05, 0.1) is 15.2 Å². The molecular weight excluding hydrogens is 310 g/mol. The molecule has 120 valence electrons. The molecule has 0 aliphatic rings. The first-order valence-electron chi connectivity index (χ1n) is 6.70. The standard InChI is InChI=1S/C13H17N3O5S/c1-2-10(13(19)14-7-3-4-12(17)18)22-11-6-5-9(8-15-11)16(20)21/h5-6,8,10H,2-4,7H2,1H3,(H,14,19)(H,17,18). The summed E-state index contributed by atoms with van der Waals surface area (Å²) < 4.78 is 0. The number of hydrogen-bond donors (Lipinski definition) is 2. The summed E-state index contributed by atoms with van der Waals surface area (Å²) in [5.74, 6) is -1.09. The van der Waals surface area contributed by atoms with E-state index in [-0.39, 0.29) is 23.3 Å². The van der Waals surface area contributed by atoms with Gasteiger partial charge in [0.1, 0.15) is 6.20 Å². The molecule has 2 N–H and O–H groups in total. The molecule has 1 unspecified atom stereocenters. The SMILES string of the molecule is CCC(Sc1ccc([N+](=O)[O-])cn1)C(=O)NCCCC(=O)O. The normalized spacial score (nSPS) is 11.7. The van der Waals surface area contributed by atoms with Crippen molar-refractivity contribution in [3.63, 3.8) is 0 Å². The Morgan fingerprint density at radius 3 is 2.73 bits per heavy atom.